The molecule has 1 aromatic rings. The molecule has 0 atom stereocenters. The van der Waals surface area contributed by atoms with Crippen LogP contribution in [0.1, 0.15) is 37.2 Å². The highest BCUT2D eigenvalue weighted by Gasteiger charge is 2.38. The summed E-state index contributed by atoms with van der Waals surface area (Å²) in [5, 5.41) is 0. The summed E-state index contributed by atoms with van der Waals surface area (Å²) >= 11 is 3.28. The zero-order valence-electron chi connectivity index (χ0n) is 9.17. The van der Waals surface area contributed by atoms with Gasteiger partial charge >= 0.3 is 0 Å². The van der Waals surface area contributed by atoms with Crippen molar-refractivity contribution in [2.24, 2.45) is 0 Å². The largest absolute Gasteiger partial charge is 0.460 e. The molecular formula is C11H15BrO3. The first-order valence-corrected chi connectivity index (χ1v) is 5.73. The van der Waals surface area contributed by atoms with E-state index in [0.717, 1.165) is 0 Å². The summed E-state index contributed by atoms with van der Waals surface area (Å²) in [5.74, 6) is 0.229. The summed E-state index contributed by atoms with van der Waals surface area (Å²) in [7, 11) is 1.56. The zero-order chi connectivity index (χ0) is 11.5. The number of carbonyl (C=O) groups excluding carboxylic acids is 1. The number of ether oxygens (including phenoxy) is 1. The second-order valence-corrected chi connectivity index (χ2v) is 4.19. The van der Waals surface area contributed by atoms with Gasteiger partial charge in [-0.3, -0.25) is 4.79 Å². The Bertz CT molecular complexity index is 331. The summed E-state index contributed by atoms with van der Waals surface area (Å²) < 4.78 is 11.2. The van der Waals surface area contributed by atoms with Crippen LogP contribution in [0.4, 0.5) is 0 Å². The lowest BCUT2D eigenvalue weighted by Gasteiger charge is -2.27. The highest BCUT2D eigenvalue weighted by Crippen LogP contribution is 2.29. The van der Waals surface area contributed by atoms with Crippen LogP contribution in [-0.4, -0.2) is 18.5 Å². The van der Waals surface area contributed by atoms with Gasteiger partial charge in [0.15, 0.2) is 5.76 Å². The molecule has 0 N–H and O–H groups in total. The van der Waals surface area contributed by atoms with Crippen LogP contribution in [0.3, 0.4) is 0 Å². The van der Waals surface area contributed by atoms with Gasteiger partial charge in [0, 0.05) is 7.11 Å². The van der Waals surface area contributed by atoms with Crippen molar-refractivity contribution < 1.29 is 13.9 Å². The second kappa shape index (κ2) is 4.94. The third-order valence-corrected chi connectivity index (χ3v) is 3.39. The predicted molar refractivity (Wildman–Crippen MR) is 61.1 cm³/mol. The highest BCUT2D eigenvalue weighted by molar-refractivity contribution is 9.10. The molecule has 0 bridgehead atoms. The van der Waals surface area contributed by atoms with E-state index in [2.05, 4.69) is 15.9 Å². The number of rotatable bonds is 5. The number of halogens is 1. The fourth-order valence-corrected chi connectivity index (χ4v) is 2.00. The van der Waals surface area contributed by atoms with Gasteiger partial charge in [-0.2, -0.15) is 0 Å². The van der Waals surface area contributed by atoms with Crippen molar-refractivity contribution in [2.75, 3.05) is 7.11 Å². The van der Waals surface area contributed by atoms with Crippen LogP contribution < -0.4 is 0 Å². The highest BCUT2D eigenvalue weighted by atomic mass is 79.9. The van der Waals surface area contributed by atoms with Gasteiger partial charge in [-0.25, -0.2) is 0 Å². The Morgan fingerprint density at radius 3 is 2.47 bits per heavy atom. The number of hydrogen-bond donors (Lipinski definition) is 0. The van der Waals surface area contributed by atoms with Crippen molar-refractivity contribution >= 4 is 21.7 Å². The fourth-order valence-electron chi connectivity index (χ4n) is 1.62. The first-order valence-electron chi connectivity index (χ1n) is 4.94. The van der Waals surface area contributed by atoms with E-state index in [1.165, 1.54) is 6.26 Å². The van der Waals surface area contributed by atoms with Crippen molar-refractivity contribution in [1.82, 2.24) is 0 Å². The number of furan rings is 1. The lowest BCUT2D eigenvalue weighted by molar-refractivity contribution is -0.00473. The van der Waals surface area contributed by atoms with E-state index in [9.17, 15) is 4.79 Å². The Morgan fingerprint density at radius 1 is 1.53 bits per heavy atom. The van der Waals surface area contributed by atoms with Gasteiger partial charge < -0.3 is 9.15 Å². The molecule has 1 aromatic heterocycles. The van der Waals surface area contributed by atoms with Crippen molar-refractivity contribution in [2.45, 2.75) is 32.3 Å². The maximum Gasteiger partial charge on any atom is 0.230 e. The van der Waals surface area contributed by atoms with E-state index < -0.39 is 5.60 Å². The number of Topliss-reactive ketones (excluding diaryl/α,β-unsaturated/α-hetero) is 1. The molecule has 0 amide bonds. The Hall–Kier alpha value is -0.610. The molecule has 3 nitrogen and oxygen atoms in total. The molecule has 0 spiro atoms. The minimum atomic E-state index is -0.764. The summed E-state index contributed by atoms with van der Waals surface area (Å²) in [4.78, 5) is 12.2. The third-order valence-electron chi connectivity index (χ3n) is 2.77. The molecule has 1 rings (SSSR count). The lowest BCUT2D eigenvalue weighted by Crippen LogP contribution is -2.39. The molecule has 0 saturated carbocycles. The van der Waals surface area contributed by atoms with E-state index in [1.807, 2.05) is 13.8 Å². The number of methoxy groups -OCH3 is 1. The normalized spacial score (nSPS) is 11.7. The van der Waals surface area contributed by atoms with E-state index in [0.29, 0.717) is 23.1 Å². The molecule has 1 heterocycles. The van der Waals surface area contributed by atoms with Crippen molar-refractivity contribution in [3.05, 3.63) is 22.6 Å². The van der Waals surface area contributed by atoms with Crippen molar-refractivity contribution in [3.63, 3.8) is 0 Å². The average Bonchev–Trinajstić information content (AvgIpc) is 2.67. The summed E-state index contributed by atoms with van der Waals surface area (Å²) in [5.41, 5.74) is -0.764. The molecule has 0 fully saturated rings. The Labute approximate surface area is 97.9 Å². The zero-order valence-corrected chi connectivity index (χ0v) is 10.8. The van der Waals surface area contributed by atoms with Gasteiger partial charge in [0.1, 0.15) is 5.60 Å². The molecule has 15 heavy (non-hydrogen) atoms. The maximum absolute atomic E-state index is 12.2. The standard InChI is InChI=1S/C11H15BrO3/c1-4-11(5-2,14-3)10(13)9-8(12)6-7-15-9/h6-7H,4-5H2,1-3H3. The van der Waals surface area contributed by atoms with Crippen molar-refractivity contribution in [3.8, 4) is 0 Å². The van der Waals surface area contributed by atoms with Crippen molar-refractivity contribution in [1.29, 1.82) is 0 Å². The van der Waals surface area contributed by atoms with E-state index in [-0.39, 0.29) is 5.78 Å². The van der Waals surface area contributed by atoms with Gasteiger partial charge in [0.05, 0.1) is 10.7 Å². The Kier molecular flexibility index (Phi) is 4.11. The van der Waals surface area contributed by atoms with Crippen LogP contribution in [0.2, 0.25) is 0 Å². The molecular weight excluding hydrogens is 260 g/mol. The number of ketones is 1. The van der Waals surface area contributed by atoms with E-state index in [4.69, 9.17) is 9.15 Å². The molecule has 0 aliphatic carbocycles. The smallest absolute Gasteiger partial charge is 0.230 e. The fraction of sp³-hybridized carbons (Fsp3) is 0.545. The molecule has 0 aliphatic heterocycles. The van der Waals surface area contributed by atoms with Gasteiger partial charge in [-0.1, -0.05) is 13.8 Å². The Morgan fingerprint density at radius 2 is 2.13 bits per heavy atom. The summed E-state index contributed by atoms with van der Waals surface area (Å²) in [6, 6.07) is 1.71. The average molecular weight is 275 g/mol. The SMILES string of the molecule is CCC(CC)(OC)C(=O)c1occc1Br. The van der Waals surface area contributed by atoms with E-state index >= 15 is 0 Å². The second-order valence-electron chi connectivity index (χ2n) is 3.33. The van der Waals surface area contributed by atoms with Crippen LogP contribution in [0, 0.1) is 0 Å². The minimum absolute atomic E-state index is 0.105. The van der Waals surface area contributed by atoms with Crippen LogP contribution in [0.15, 0.2) is 21.2 Å². The number of carbonyl (C=O) groups is 1. The first-order chi connectivity index (χ1) is 7.11. The minimum Gasteiger partial charge on any atom is -0.460 e. The van der Waals surface area contributed by atoms with Crippen LogP contribution in [0.5, 0.6) is 0 Å². The van der Waals surface area contributed by atoms with Gasteiger partial charge in [0.25, 0.3) is 0 Å². The summed E-state index contributed by atoms with van der Waals surface area (Å²) in [6.45, 7) is 3.86. The van der Waals surface area contributed by atoms with Crippen LogP contribution in [0.25, 0.3) is 0 Å². The van der Waals surface area contributed by atoms with Crippen LogP contribution in [-0.2, 0) is 4.74 Å². The third kappa shape index (κ3) is 2.16. The maximum atomic E-state index is 12.2. The van der Waals surface area contributed by atoms with Gasteiger partial charge in [-0.05, 0) is 34.8 Å². The van der Waals surface area contributed by atoms with E-state index in [1.54, 1.807) is 13.2 Å². The topological polar surface area (TPSA) is 39.4 Å². The molecule has 0 saturated heterocycles. The molecule has 0 aliphatic rings. The first kappa shape index (κ1) is 12.5. The Balaban J connectivity index is 3.06. The van der Waals surface area contributed by atoms with Gasteiger partial charge in [-0.15, -0.1) is 0 Å². The predicted octanol–water partition coefficient (Wildman–Crippen LogP) is 3.43. The molecule has 84 valence electrons. The monoisotopic (exact) mass is 274 g/mol. The molecule has 0 unspecified atom stereocenters. The molecule has 0 radical (unpaired) electrons. The molecule has 0 aromatic carbocycles. The molecule has 4 heteroatoms. The number of hydrogen-bond acceptors (Lipinski definition) is 3. The quantitative estimate of drug-likeness (QED) is 0.773. The summed E-state index contributed by atoms with van der Waals surface area (Å²) in [6.07, 6.45) is 2.75. The van der Waals surface area contributed by atoms with Crippen LogP contribution >= 0.6 is 15.9 Å². The van der Waals surface area contributed by atoms with Gasteiger partial charge in [0.2, 0.25) is 5.78 Å². The lowest BCUT2D eigenvalue weighted by atomic mass is 9.90.